The molecule has 98 valence electrons. The predicted molar refractivity (Wildman–Crippen MR) is 78.7 cm³/mol. The van der Waals surface area contributed by atoms with Gasteiger partial charge in [-0.3, -0.25) is 0 Å². The Morgan fingerprint density at radius 3 is 2.68 bits per heavy atom. The maximum Gasteiger partial charge on any atom is 0.130 e. The first-order chi connectivity index (χ1) is 9.29. The summed E-state index contributed by atoms with van der Waals surface area (Å²) in [5.74, 6) is 1.07. The number of aryl methyl sites for hydroxylation is 1. The quantitative estimate of drug-likeness (QED) is 0.907. The van der Waals surface area contributed by atoms with Gasteiger partial charge < -0.3 is 10.1 Å². The molecule has 0 saturated carbocycles. The van der Waals surface area contributed by atoms with Gasteiger partial charge in [-0.15, -0.1) is 0 Å². The standard InChI is InChI=1S/C17H19NO/c1-12-6-3-4-8-15(12)16-9-5-7-13-10-14(11-18-2)19-17(13)16/h3-9,14,18H,10-11H2,1-2H3/t14-/m0/s1. The van der Waals surface area contributed by atoms with Crippen LogP contribution in [-0.2, 0) is 6.42 Å². The van der Waals surface area contributed by atoms with E-state index in [9.17, 15) is 0 Å². The molecule has 0 bridgehead atoms. The summed E-state index contributed by atoms with van der Waals surface area (Å²) in [5.41, 5.74) is 5.09. The highest BCUT2D eigenvalue weighted by molar-refractivity contribution is 5.75. The van der Waals surface area contributed by atoms with Crippen molar-refractivity contribution in [3.63, 3.8) is 0 Å². The Morgan fingerprint density at radius 1 is 1.11 bits per heavy atom. The van der Waals surface area contributed by atoms with Crippen LogP contribution in [0.25, 0.3) is 11.1 Å². The first-order valence-electron chi connectivity index (χ1n) is 6.78. The predicted octanol–water partition coefficient (Wildman–Crippen LogP) is 3.18. The van der Waals surface area contributed by atoms with E-state index in [0.717, 1.165) is 18.7 Å². The van der Waals surface area contributed by atoms with Gasteiger partial charge in [0.25, 0.3) is 0 Å². The van der Waals surface area contributed by atoms with Gasteiger partial charge in [0.2, 0.25) is 0 Å². The van der Waals surface area contributed by atoms with Crippen LogP contribution in [0.4, 0.5) is 0 Å². The number of ether oxygens (including phenoxy) is 1. The van der Waals surface area contributed by atoms with Gasteiger partial charge in [-0.25, -0.2) is 0 Å². The lowest BCUT2D eigenvalue weighted by Gasteiger charge is -2.13. The molecule has 2 heteroatoms. The Balaban J connectivity index is 2.03. The van der Waals surface area contributed by atoms with Crippen molar-refractivity contribution in [2.24, 2.45) is 0 Å². The van der Waals surface area contributed by atoms with Gasteiger partial charge in [0.05, 0.1) is 0 Å². The molecule has 2 aromatic rings. The third kappa shape index (κ3) is 2.24. The van der Waals surface area contributed by atoms with E-state index < -0.39 is 0 Å². The molecule has 1 aliphatic heterocycles. The molecule has 0 fully saturated rings. The van der Waals surface area contributed by atoms with Gasteiger partial charge in [0.15, 0.2) is 0 Å². The lowest BCUT2D eigenvalue weighted by Crippen LogP contribution is -2.27. The van der Waals surface area contributed by atoms with Crippen LogP contribution in [0.3, 0.4) is 0 Å². The Labute approximate surface area is 114 Å². The SMILES string of the molecule is CNC[C@@H]1Cc2cccc(-c3ccccc3C)c2O1. The molecule has 0 amide bonds. The van der Waals surface area contributed by atoms with Crippen LogP contribution in [0, 0.1) is 6.92 Å². The molecule has 0 radical (unpaired) electrons. The zero-order valence-electron chi connectivity index (χ0n) is 11.4. The summed E-state index contributed by atoms with van der Waals surface area (Å²) in [6, 6.07) is 14.9. The van der Waals surface area contributed by atoms with Crippen molar-refractivity contribution >= 4 is 0 Å². The summed E-state index contributed by atoms with van der Waals surface area (Å²) in [4.78, 5) is 0. The molecule has 19 heavy (non-hydrogen) atoms. The number of fused-ring (bicyclic) bond motifs is 1. The Kier molecular flexibility index (Phi) is 3.26. The molecular weight excluding hydrogens is 234 g/mol. The van der Waals surface area contributed by atoms with Crippen LogP contribution in [0.15, 0.2) is 42.5 Å². The van der Waals surface area contributed by atoms with Gasteiger partial charge >= 0.3 is 0 Å². The Hall–Kier alpha value is -1.80. The molecule has 0 aliphatic carbocycles. The number of para-hydroxylation sites is 1. The minimum absolute atomic E-state index is 0.255. The van der Waals surface area contributed by atoms with Gasteiger partial charge in [0.1, 0.15) is 11.9 Å². The minimum Gasteiger partial charge on any atom is -0.488 e. The van der Waals surface area contributed by atoms with E-state index >= 15 is 0 Å². The molecule has 3 rings (SSSR count). The number of hydrogen-bond acceptors (Lipinski definition) is 2. The Bertz CT molecular complexity index is 592. The fraction of sp³-hybridized carbons (Fsp3) is 0.294. The van der Waals surface area contributed by atoms with Crippen molar-refractivity contribution in [1.82, 2.24) is 5.32 Å². The van der Waals surface area contributed by atoms with E-state index in [4.69, 9.17) is 4.74 Å². The molecule has 1 heterocycles. The zero-order chi connectivity index (χ0) is 13.2. The average molecular weight is 253 g/mol. The maximum atomic E-state index is 6.13. The highest BCUT2D eigenvalue weighted by Gasteiger charge is 2.25. The molecule has 0 aromatic heterocycles. The van der Waals surface area contributed by atoms with Gasteiger partial charge in [-0.05, 0) is 30.7 Å². The molecule has 1 atom stereocenters. The Morgan fingerprint density at radius 2 is 1.89 bits per heavy atom. The summed E-state index contributed by atoms with van der Waals surface area (Å²) in [7, 11) is 1.97. The normalized spacial score (nSPS) is 17.1. The molecule has 1 N–H and O–H groups in total. The minimum atomic E-state index is 0.255. The number of likely N-dealkylation sites (N-methyl/N-ethyl adjacent to an activating group) is 1. The lowest BCUT2D eigenvalue weighted by atomic mass is 9.97. The number of nitrogens with one attached hydrogen (secondary N) is 1. The summed E-state index contributed by atoms with van der Waals surface area (Å²) < 4.78 is 6.13. The van der Waals surface area contributed by atoms with Crippen LogP contribution < -0.4 is 10.1 Å². The molecule has 0 unspecified atom stereocenters. The van der Waals surface area contributed by atoms with Crippen molar-refractivity contribution in [2.45, 2.75) is 19.4 Å². The average Bonchev–Trinajstić information content (AvgIpc) is 2.82. The summed E-state index contributed by atoms with van der Waals surface area (Å²) in [6.07, 6.45) is 1.25. The van der Waals surface area contributed by atoms with Gasteiger partial charge in [0, 0.05) is 18.5 Å². The highest BCUT2D eigenvalue weighted by Crippen LogP contribution is 2.39. The van der Waals surface area contributed by atoms with Crippen molar-refractivity contribution in [2.75, 3.05) is 13.6 Å². The van der Waals surface area contributed by atoms with Crippen molar-refractivity contribution in [3.8, 4) is 16.9 Å². The molecular formula is C17H19NO. The van der Waals surface area contributed by atoms with E-state index in [1.807, 2.05) is 7.05 Å². The summed E-state index contributed by atoms with van der Waals surface area (Å²) >= 11 is 0. The van der Waals surface area contributed by atoms with Crippen LogP contribution in [-0.4, -0.2) is 19.7 Å². The lowest BCUT2D eigenvalue weighted by molar-refractivity contribution is 0.232. The summed E-state index contributed by atoms with van der Waals surface area (Å²) in [6.45, 7) is 3.04. The third-order valence-electron chi connectivity index (χ3n) is 3.70. The van der Waals surface area contributed by atoms with Gasteiger partial charge in [-0.1, -0.05) is 42.5 Å². The molecule has 0 saturated heterocycles. The second-order valence-electron chi connectivity index (χ2n) is 5.11. The second-order valence-corrected chi connectivity index (χ2v) is 5.11. The van der Waals surface area contributed by atoms with E-state index in [0.29, 0.717) is 0 Å². The van der Waals surface area contributed by atoms with E-state index in [-0.39, 0.29) is 6.10 Å². The monoisotopic (exact) mass is 253 g/mol. The van der Waals surface area contributed by atoms with Crippen LogP contribution >= 0.6 is 0 Å². The first kappa shape index (κ1) is 12.2. The van der Waals surface area contributed by atoms with Crippen molar-refractivity contribution in [3.05, 3.63) is 53.6 Å². The largest absolute Gasteiger partial charge is 0.488 e. The zero-order valence-corrected chi connectivity index (χ0v) is 11.4. The van der Waals surface area contributed by atoms with Crippen molar-refractivity contribution < 1.29 is 4.74 Å². The molecule has 2 nitrogen and oxygen atoms in total. The molecule has 2 aromatic carbocycles. The topological polar surface area (TPSA) is 21.3 Å². The maximum absolute atomic E-state index is 6.13. The third-order valence-corrected chi connectivity index (χ3v) is 3.70. The number of benzene rings is 2. The molecule has 1 aliphatic rings. The van der Waals surface area contributed by atoms with E-state index in [1.165, 1.54) is 22.3 Å². The smallest absolute Gasteiger partial charge is 0.130 e. The number of rotatable bonds is 3. The van der Waals surface area contributed by atoms with Crippen LogP contribution in [0.5, 0.6) is 5.75 Å². The fourth-order valence-electron chi connectivity index (χ4n) is 2.77. The second kappa shape index (κ2) is 5.06. The van der Waals surface area contributed by atoms with E-state index in [2.05, 4.69) is 54.7 Å². The van der Waals surface area contributed by atoms with Crippen LogP contribution in [0.1, 0.15) is 11.1 Å². The fourth-order valence-corrected chi connectivity index (χ4v) is 2.77. The highest BCUT2D eigenvalue weighted by atomic mass is 16.5. The van der Waals surface area contributed by atoms with Crippen molar-refractivity contribution in [1.29, 1.82) is 0 Å². The summed E-state index contributed by atoms with van der Waals surface area (Å²) in [5, 5.41) is 3.19. The number of hydrogen-bond donors (Lipinski definition) is 1. The van der Waals surface area contributed by atoms with Crippen LogP contribution in [0.2, 0.25) is 0 Å². The van der Waals surface area contributed by atoms with Gasteiger partial charge in [-0.2, -0.15) is 0 Å². The molecule has 0 spiro atoms. The first-order valence-corrected chi connectivity index (χ1v) is 6.78. The van der Waals surface area contributed by atoms with E-state index in [1.54, 1.807) is 0 Å².